The van der Waals surface area contributed by atoms with E-state index in [2.05, 4.69) is 86.4 Å². The molecule has 2 atom stereocenters. The topological polar surface area (TPSA) is 41.0 Å². The third-order valence-electron chi connectivity index (χ3n) is 6.31. The van der Waals surface area contributed by atoms with E-state index in [1.165, 1.54) is 31.1 Å². The molecule has 0 bridgehead atoms. The van der Waals surface area contributed by atoms with E-state index in [1.54, 1.807) is 0 Å². The normalized spacial score (nSPS) is 19.5. The van der Waals surface area contributed by atoms with Gasteiger partial charge in [-0.3, -0.25) is 14.9 Å². The van der Waals surface area contributed by atoms with E-state index >= 15 is 0 Å². The Balaban J connectivity index is 1.61. The molecule has 1 saturated carbocycles. The lowest BCUT2D eigenvalue weighted by Crippen LogP contribution is -2.51. The predicted octanol–water partition coefficient (Wildman–Crippen LogP) is 5.88. The van der Waals surface area contributed by atoms with Gasteiger partial charge in [0.15, 0.2) is 0 Å². The summed E-state index contributed by atoms with van der Waals surface area (Å²) in [6, 6.07) is 18.4. The molecule has 2 heterocycles. The second-order valence-corrected chi connectivity index (χ2v) is 8.97. The molecule has 0 spiro atoms. The summed E-state index contributed by atoms with van der Waals surface area (Å²) in [6.07, 6.45) is 4.98. The average Bonchev–Trinajstić information content (AvgIpc) is 2.73. The summed E-state index contributed by atoms with van der Waals surface area (Å²) in [5, 5.41) is 5.11. The van der Waals surface area contributed by atoms with E-state index in [1.807, 2.05) is 0 Å². The Kier molecular flexibility index (Phi) is 6.33. The van der Waals surface area contributed by atoms with Crippen molar-refractivity contribution in [3.8, 4) is 0 Å². The number of rotatable bonds is 6. The summed E-state index contributed by atoms with van der Waals surface area (Å²) < 4.78 is 0. The number of benzene rings is 1. The SMILES string of the molecule is Cc1cccc(CN(C(C)C)C2CCCCC2Nc2cccc3ccc(C)nc23)n1. The van der Waals surface area contributed by atoms with Gasteiger partial charge in [-0.25, -0.2) is 0 Å². The van der Waals surface area contributed by atoms with Crippen molar-refractivity contribution in [2.24, 2.45) is 0 Å². The lowest BCUT2D eigenvalue weighted by molar-refractivity contribution is 0.101. The molecule has 1 aromatic carbocycles. The second-order valence-electron chi connectivity index (χ2n) is 8.97. The van der Waals surface area contributed by atoms with Gasteiger partial charge in [-0.15, -0.1) is 0 Å². The predicted molar refractivity (Wildman–Crippen MR) is 126 cm³/mol. The van der Waals surface area contributed by atoms with Crippen LogP contribution in [0.5, 0.6) is 0 Å². The van der Waals surface area contributed by atoms with Crippen LogP contribution in [0.4, 0.5) is 5.69 Å². The van der Waals surface area contributed by atoms with Crippen LogP contribution in [0.2, 0.25) is 0 Å². The standard InChI is InChI=1S/C26H34N4/c1-18(2)30(17-22-11-7-9-19(3)27-22)25-14-6-5-12-23(25)29-24-13-8-10-21-16-15-20(4)28-26(21)24/h7-11,13,15-16,18,23,25,29H,5-6,12,14,17H2,1-4H3. The summed E-state index contributed by atoms with van der Waals surface area (Å²) in [6.45, 7) is 9.66. The van der Waals surface area contributed by atoms with Gasteiger partial charge in [-0.05, 0) is 64.8 Å². The Morgan fingerprint density at radius 3 is 2.50 bits per heavy atom. The molecule has 0 amide bonds. The van der Waals surface area contributed by atoms with Gasteiger partial charge in [0, 0.05) is 41.4 Å². The zero-order chi connectivity index (χ0) is 21.1. The summed E-state index contributed by atoms with van der Waals surface area (Å²) in [4.78, 5) is 12.3. The number of anilines is 1. The molecule has 4 nitrogen and oxygen atoms in total. The molecule has 1 fully saturated rings. The van der Waals surface area contributed by atoms with E-state index in [-0.39, 0.29) is 0 Å². The van der Waals surface area contributed by atoms with E-state index < -0.39 is 0 Å². The third kappa shape index (κ3) is 4.65. The summed E-state index contributed by atoms with van der Waals surface area (Å²) >= 11 is 0. The number of aromatic nitrogens is 2. The first-order valence-electron chi connectivity index (χ1n) is 11.3. The van der Waals surface area contributed by atoms with Crippen molar-refractivity contribution in [1.29, 1.82) is 0 Å². The number of hydrogen-bond acceptors (Lipinski definition) is 4. The number of pyridine rings is 2. The lowest BCUT2D eigenvalue weighted by atomic mass is 9.88. The Labute approximate surface area is 180 Å². The highest BCUT2D eigenvalue weighted by molar-refractivity contribution is 5.90. The molecule has 0 radical (unpaired) electrons. The largest absolute Gasteiger partial charge is 0.379 e. The van der Waals surface area contributed by atoms with Crippen molar-refractivity contribution in [1.82, 2.24) is 14.9 Å². The fraction of sp³-hybridized carbons (Fsp3) is 0.462. The van der Waals surface area contributed by atoms with Crippen LogP contribution in [0.3, 0.4) is 0 Å². The van der Waals surface area contributed by atoms with Crippen molar-refractivity contribution in [2.75, 3.05) is 5.32 Å². The first-order chi connectivity index (χ1) is 14.5. The van der Waals surface area contributed by atoms with Crippen LogP contribution in [0.25, 0.3) is 10.9 Å². The smallest absolute Gasteiger partial charge is 0.0936 e. The van der Waals surface area contributed by atoms with Crippen molar-refractivity contribution in [2.45, 2.75) is 78.0 Å². The van der Waals surface area contributed by atoms with Crippen molar-refractivity contribution in [3.63, 3.8) is 0 Å². The van der Waals surface area contributed by atoms with Crippen LogP contribution >= 0.6 is 0 Å². The van der Waals surface area contributed by atoms with E-state index in [0.29, 0.717) is 18.1 Å². The molecule has 3 aromatic rings. The number of fused-ring (bicyclic) bond motifs is 1. The maximum Gasteiger partial charge on any atom is 0.0936 e. The Morgan fingerprint density at radius 2 is 1.70 bits per heavy atom. The van der Waals surface area contributed by atoms with Crippen LogP contribution in [0.15, 0.2) is 48.5 Å². The highest BCUT2D eigenvalue weighted by Crippen LogP contribution is 2.31. The molecule has 1 N–H and O–H groups in total. The van der Waals surface area contributed by atoms with Gasteiger partial charge in [0.1, 0.15) is 0 Å². The highest BCUT2D eigenvalue weighted by atomic mass is 15.2. The van der Waals surface area contributed by atoms with Gasteiger partial charge in [-0.2, -0.15) is 0 Å². The van der Waals surface area contributed by atoms with Gasteiger partial charge in [-0.1, -0.05) is 37.1 Å². The zero-order valence-corrected chi connectivity index (χ0v) is 18.7. The zero-order valence-electron chi connectivity index (χ0n) is 18.7. The van der Waals surface area contributed by atoms with Crippen LogP contribution < -0.4 is 5.32 Å². The minimum Gasteiger partial charge on any atom is -0.379 e. The summed E-state index contributed by atoms with van der Waals surface area (Å²) in [7, 11) is 0. The number of nitrogens with zero attached hydrogens (tertiary/aromatic N) is 3. The van der Waals surface area contributed by atoms with Crippen LogP contribution in [0, 0.1) is 13.8 Å². The van der Waals surface area contributed by atoms with Gasteiger partial charge < -0.3 is 5.32 Å². The Morgan fingerprint density at radius 1 is 0.933 bits per heavy atom. The quantitative estimate of drug-likeness (QED) is 0.559. The molecule has 0 aliphatic heterocycles. The Bertz CT molecular complexity index is 997. The third-order valence-corrected chi connectivity index (χ3v) is 6.31. The van der Waals surface area contributed by atoms with Gasteiger partial charge in [0.2, 0.25) is 0 Å². The number of aryl methyl sites for hydroxylation is 2. The summed E-state index contributed by atoms with van der Waals surface area (Å²) in [5.41, 5.74) is 5.55. The molecular weight excluding hydrogens is 368 g/mol. The molecule has 4 rings (SSSR count). The number of hydrogen-bond donors (Lipinski definition) is 1. The molecule has 158 valence electrons. The number of nitrogens with one attached hydrogen (secondary N) is 1. The van der Waals surface area contributed by atoms with Crippen LogP contribution in [0.1, 0.15) is 56.6 Å². The highest BCUT2D eigenvalue weighted by Gasteiger charge is 2.32. The fourth-order valence-electron chi connectivity index (χ4n) is 4.79. The van der Waals surface area contributed by atoms with Crippen LogP contribution in [-0.4, -0.2) is 33.0 Å². The van der Waals surface area contributed by atoms with Gasteiger partial charge >= 0.3 is 0 Å². The average molecular weight is 403 g/mol. The molecule has 2 unspecified atom stereocenters. The first kappa shape index (κ1) is 20.8. The fourth-order valence-corrected chi connectivity index (χ4v) is 4.79. The van der Waals surface area contributed by atoms with Gasteiger partial charge in [0.05, 0.1) is 16.9 Å². The molecule has 2 aromatic heterocycles. The van der Waals surface area contributed by atoms with E-state index in [0.717, 1.165) is 34.8 Å². The summed E-state index contributed by atoms with van der Waals surface area (Å²) in [5.74, 6) is 0. The van der Waals surface area contributed by atoms with Crippen molar-refractivity contribution < 1.29 is 0 Å². The Hall–Kier alpha value is -2.46. The monoisotopic (exact) mass is 402 g/mol. The maximum atomic E-state index is 4.84. The van der Waals surface area contributed by atoms with Crippen LogP contribution in [-0.2, 0) is 6.54 Å². The van der Waals surface area contributed by atoms with E-state index in [9.17, 15) is 0 Å². The second kappa shape index (κ2) is 9.13. The molecular formula is C26H34N4. The molecule has 1 aliphatic carbocycles. The molecule has 4 heteroatoms. The minimum absolute atomic E-state index is 0.416. The molecule has 1 aliphatic rings. The minimum atomic E-state index is 0.416. The molecule has 30 heavy (non-hydrogen) atoms. The number of para-hydroxylation sites is 1. The van der Waals surface area contributed by atoms with Crippen molar-refractivity contribution >= 4 is 16.6 Å². The maximum absolute atomic E-state index is 4.84. The van der Waals surface area contributed by atoms with E-state index in [4.69, 9.17) is 9.97 Å². The first-order valence-corrected chi connectivity index (χ1v) is 11.3. The van der Waals surface area contributed by atoms with Gasteiger partial charge in [0.25, 0.3) is 0 Å². The molecule has 0 saturated heterocycles. The lowest BCUT2D eigenvalue weighted by Gasteiger charge is -2.43. The van der Waals surface area contributed by atoms with Crippen molar-refractivity contribution in [3.05, 3.63) is 65.6 Å².